The van der Waals surface area contributed by atoms with Crippen LogP contribution < -0.4 is 5.32 Å². The average molecular weight is 337 g/mol. The van der Waals surface area contributed by atoms with E-state index in [9.17, 15) is 0 Å². The summed E-state index contributed by atoms with van der Waals surface area (Å²) < 4.78 is 12.1. The van der Waals surface area contributed by atoms with Gasteiger partial charge < -0.3 is 14.8 Å². The van der Waals surface area contributed by atoms with Gasteiger partial charge in [-0.1, -0.05) is 72.8 Å². The summed E-state index contributed by atoms with van der Waals surface area (Å²) in [5.74, 6) is -0.568. The lowest BCUT2D eigenvalue weighted by atomic mass is 10.00. The first-order valence-electron chi connectivity index (χ1n) is 8.89. The van der Waals surface area contributed by atoms with E-state index in [1.165, 1.54) is 11.1 Å². The molecule has 0 aromatic heterocycles. The molecule has 1 N–H and O–H groups in total. The average Bonchev–Trinajstić information content (AvgIpc) is 2.63. The Morgan fingerprint density at radius 3 is 2.36 bits per heavy atom. The van der Waals surface area contributed by atoms with E-state index in [0.717, 1.165) is 0 Å². The number of benzene rings is 2. The predicted molar refractivity (Wildman–Crippen MR) is 102 cm³/mol. The Hall–Kier alpha value is -1.94. The molecular formula is C22H27NO2. The third-order valence-electron chi connectivity index (χ3n) is 4.37. The fraction of sp³-hybridized carbons (Fsp3) is 0.364. The highest BCUT2D eigenvalue weighted by Crippen LogP contribution is 2.33. The van der Waals surface area contributed by atoms with Crippen molar-refractivity contribution in [1.29, 1.82) is 0 Å². The summed E-state index contributed by atoms with van der Waals surface area (Å²) in [5.41, 5.74) is 2.38. The van der Waals surface area contributed by atoms with Crippen LogP contribution in [-0.4, -0.2) is 24.5 Å². The summed E-state index contributed by atoms with van der Waals surface area (Å²) in [5, 5.41) is 3.64. The van der Waals surface area contributed by atoms with Gasteiger partial charge in [-0.05, 0) is 31.9 Å². The van der Waals surface area contributed by atoms with Gasteiger partial charge in [0.15, 0.2) is 5.79 Å². The number of hydrogen-bond acceptors (Lipinski definition) is 3. The molecule has 3 atom stereocenters. The molecule has 1 aliphatic rings. The van der Waals surface area contributed by atoms with Crippen LogP contribution in [0.2, 0.25) is 0 Å². The quantitative estimate of drug-likeness (QED) is 0.867. The van der Waals surface area contributed by atoms with Crippen LogP contribution in [0.4, 0.5) is 0 Å². The molecule has 1 fully saturated rings. The lowest BCUT2D eigenvalue weighted by Crippen LogP contribution is -2.52. The van der Waals surface area contributed by atoms with Gasteiger partial charge in [0, 0.05) is 6.04 Å². The molecule has 1 aliphatic heterocycles. The van der Waals surface area contributed by atoms with Crippen molar-refractivity contribution >= 4 is 6.08 Å². The topological polar surface area (TPSA) is 30.5 Å². The zero-order valence-corrected chi connectivity index (χ0v) is 15.2. The zero-order valence-electron chi connectivity index (χ0n) is 15.2. The zero-order chi connectivity index (χ0) is 17.7. The Balaban J connectivity index is 1.69. The molecule has 0 saturated carbocycles. The van der Waals surface area contributed by atoms with Crippen molar-refractivity contribution in [2.45, 2.75) is 44.7 Å². The fourth-order valence-corrected chi connectivity index (χ4v) is 3.09. The van der Waals surface area contributed by atoms with Gasteiger partial charge in [0.05, 0.1) is 12.6 Å². The van der Waals surface area contributed by atoms with E-state index >= 15 is 0 Å². The van der Waals surface area contributed by atoms with Crippen molar-refractivity contribution in [2.75, 3.05) is 6.61 Å². The van der Waals surface area contributed by atoms with E-state index in [4.69, 9.17) is 9.47 Å². The summed E-state index contributed by atoms with van der Waals surface area (Å²) in [7, 11) is 0. The van der Waals surface area contributed by atoms with E-state index in [0.29, 0.717) is 6.61 Å². The predicted octanol–water partition coefficient (Wildman–Crippen LogP) is 4.57. The molecule has 132 valence electrons. The second-order valence-corrected chi connectivity index (χ2v) is 6.99. The van der Waals surface area contributed by atoms with Crippen molar-refractivity contribution in [1.82, 2.24) is 5.32 Å². The standard InChI is InChI=1S/C22H27NO2/c1-17(14-15-18-10-6-4-7-11-18)23-20-16-24-22(2,3)25-21(20)19-12-8-5-9-13-19/h4-15,17,20-21,23H,16H2,1-3H3/b15-14+/t17-,20+,21+/m1/s1. The molecule has 0 radical (unpaired) electrons. The van der Waals surface area contributed by atoms with E-state index in [1.54, 1.807) is 0 Å². The molecule has 1 saturated heterocycles. The summed E-state index contributed by atoms with van der Waals surface area (Å²) in [6.07, 6.45) is 4.29. The Morgan fingerprint density at radius 2 is 1.68 bits per heavy atom. The van der Waals surface area contributed by atoms with Crippen LogP contribution in [-0.2, 0) is 9.47 Å². The second-order valence-electron chi connectivity index (χ2n) is 6.99. The molecule has 0 aliphatic carbocycles. The maximum Gasteiger partial charge on any atom is 0.163 e. The van der Waals surface area contributed by atoms with Crippen molar-refractivity contribution in [3.8, 4) is 0 Å². The van der Waals surface area contributed by atoms with Gasteiger partial charge in [-0.2, -0.15) is 0 Å². The summed E-state index contributed by atoms with van der Waals surface area (Å²) in [4.78, 5) is 0. The third-order valence-corrected chi connectivity index (χ3v) is 4.37. The molecule has 3 nitrogen and oxygen atoms in total. The first kappa shape index (κ1) is 17.9. The van der Waals surface area contributed by atoms with Gasteiger partial charge in [0.1, 0.15) is 6.10 Å². The Morgan fingerprint density at radius 1 is 1.04 bits per heavy atom. The minimum atomic E-state index is -0.568. The molecule has 1 heterocycles. The van der Waals surface area contributed by atoms with Gasteiger partial charge in [0.25, 0.3) is 0 Å². The molecular weight excluding hydrogens is 310 g/mol. The number of nitrogens with one attached hydrogen (secondary N) is 1. The third kappa shape index (κ3) is 5.02. The molecule has 25 heavy (non-hydrogen) atoms. The minimum Gasteiger partial charge on any atom is -0.349 e. The molecule has 3 rings (SSSR count). The van der Waals surface area contributed by atoms with Gasteiger partial charge in [-0.15, -0.1) is 0 Å². The fourth-order valence-electron chi connectivity index (χ4n) is 3.09. The maximum atomic E-state index is 6.23. The lowest BCUT2D eigenvalue weighted by Gasteiger charge is -2.42. The van der Waals surface area contributed by atoms with Gasteiger partial charge >= 0.3 is 0 Å². The molecule has 3 heteroatoms. The van der Waals surface area contributed by atoms with Crippen LogP contribution in [0.25, 0.3) is 6.08 Å². The van der Waals surface area contributed by atoms with Gasteiger partial charge in [-0.25, -0.2) is 0 Å². The molecule has 0 unspecified atom stereocenters. The van der Waals surface area contributed by atoms with Gasteiger partial charge in [-0.3, -0.25) is 0 Å². The Kier molecular flexibility index (Phi) is 5.69. The van der Waals surface area contributed by atoms with Crippen LogP contribution in [0, 0.1) is 0 Å². The monoisotopic (exact) mass is 337 g/mol. The summed E-state index contributed by atoms with van der Waals surface area (Å²) in [6.45, 7) is 6.72. The van der Waals surface area contributed by atoms with Gasteiger partial charge in [0.2, 0.25) is 0 Å². The lowest BCUT2D eigenvalue weighted by molar-refractivity contribution is -0.285. The van der Waals surface area contributed by atoms with E-state index in [2.05, 4.69) is 60.8 Å². The molecule has 0 bridgehead atoms. The SMILES string of the molecule is C[C@H](/C=C/c1ccccc1)N[C@H]1COC(C)(C)O[C@H]1c1ccccc1. The van der Waals surface area contributed by atoms with Crippen LogP contribution in [0.15, 0.2) is 66.7 Å². The van der Waals surface area contributed by atoms with Crippen LogP contribution in [0.3, 0.4) is 0 Å². The maximum absolute atomic E-state index is 6.23. The van der Waals surface area contributed by atoms with Crippen LogP contribution >= 0.6 is 0 Å². The van der Waals surface area contributed by atoms with Crippen molar-refractivity contribution in [3.63, 3.8) is 0 Å². The van der Waals surface area contributed by atoms with E-state index in [1.807, 2.05) is 38.1 Å². The highest BCUT2D eigenvalue weighted by atomic mass is 16.7. The van der Waals surface area contributed by atoms with E-state index in [-0.39, 0.29) is 18.2 Å². The highest BCUT2D eigenvalue weighted by molar-refractivity contribution is 5.49. The number of ether oxygens (including phenoxy) is 2. The van der Waals surface area contributed by atoms with Crippen LogP contribution in [0.1, 0.15) is 38.0 Å². The summed E-state index contributed by atoms with van der Waals surface area (Å²) in [6, 6.07) is 21.0. The van der Waals surface area contributed by atoms with Crippen molar-refractivity contribution < 1.29 is 9.47 Å². The highest BCUT2D eigenvalue weighted by Gasteiger charge is 2.37. The van der Waals surface area contributed by atoms with Crippen LogP contribution in [0.5, 0.6) is 0 Å². The number of rotatable bonds is 5. The summed E-state index contributed by atoms with van der Waals surface area (Å²) >= 11 is 0. The second kappa shape index (κ2) is 7.96. The van der Waals surface area contributed by atoms with E-state index < -0.39 is 5.79 Å². The minimum absolute atomic E-state index is 0.0301. The first-order chi connectivity index (χ1) is 12.0. The largest absolute Gasteiger partial charge is 0.349 e. The first-order valence-corrected chi connectivity index (χ1v) is 8.89. The molecule has 2 aromatic carbocycles. The smallest absolute Gasteiger partial charge is 0.163 e. The van der Waals surface area contributed by atoms with Crippen molar-refractivity contribution in [3.05, 3.63) is 77.9 Å². The normalized spacial score (nSPS) is 24.3. The molecule has 0 amide bonds. The Labute approximate surface area is 150 Å². The Bertz CT molecular complexity index is 682. The van der Waals surface area contributed by atoms with Crippen molar-refractivity contribution in [2.24, 2.45) is 0 Å². The molecule has 0 spiro atoms. The molecule has 2 aromatic rings. The number of hydrogen-bond donors (Lipinski definition) is 1.